The summed E-state index contributed by atoms with van der Waals surface area (Å²) in [7, 11) is 1.64. The molecule has 1 aromatic heterocycles. The molecule has 0 bridgehead atoms. The van der Waals surface area contributed by atoms with Gasteiger partial charge in [-0.05, 0) is 24.5 Å². The number of rotatable bonds is 2. The zero-order chi connectivity index (χ0) is 10.8. The summed E-state index contributed by atoms with van der Waals surface area (Å²) >= 11 is 1.64. The number of hydrogen-bond acceptors (Lipinski definition) is 2. The minimum Gasteiger partial charge on any atom is -0.361 e. The van der Waals surface area contributed by atoms with Gasteiger partial charge >= 0.3 is 0 Å². The van der Waals surface area contributed by atoms with Crippen molar-refractivity contribution >= 4 is 28.6 Å². The first-order chi connectivity index (χ1) is 7.26. The molecule has 1 heterocycles. The van der Waals surface area contributed by atoms with Crippen molar-refractivity contribution in [2.75, 3.05) is 13.3 Å². The van der Waals surface area contributed by atoms with Crippen molar-refractivity contribution in [3.63, 3.8) is 0 Å². The SMILES string of the molecule is CNC(=O)c1cc(SC)cc2cc[nH]c12. The van der Waals surface area contributed by atoms with Crippen molar-refractivity contribution in [1.82, 2.24) is 10.3 Å². The van der Waals surface area contributed by atoms with Crippen LogP contribution in [0.25, 0.3) is 10.9 Å². The first-order valence-electron chi connectivity index (χ1n) is 4.63. The molecule has 2 aromatic rings. The summed E-state index contributed by atoms with van der Waals surface area (Å²) in [5.41, 5.74) is 1.59. The molecule has 0 saturated heterocycles. The predicted molar refractivity (Wildman–Crippen MR) is 63.5 cm³/mol. The minimum absolute atomic E-state index is 0.0571. The molecule has 0 radical (unpaired) electrons. The monoisotopic (exact) mass is 220 g/mol. The van der Waals surface area contributed by atoms with E-state index in [1.807, 2.05) is 24.6 Å². The number of thioether (sulfide) groups is 1. The van der Waals surface area contributed by atoms with Gasteiger partial charge in [-0.25, -0.2) is 0 Å². The maximum atomic E-state index is 11.7. The average molecular weight is 220 g/mol. The molecule has 0 fully saturated rings. The number of H-pyrrole nitrogens is 1. The Hall–Kier alpha value is -1.42. The van der Waals surface area contributed by atoms with Gasteiger partial charge in [0.2, 0.25) is 0 Å². The van der Waals surface area contributed by atoms with Crippen LogP contribution in [0.2, 0.25) is 0 Å². The van der Waals surface area contributed by atoms with Crippen LogP contribution in [0.15, 0.2) is 29.3 Å². The molecule has 3 nitrogen and oxygen atoms in total. The number of nitrogens with one attached hydrogen (secondary N) is 2. The van der Waals surface area contributed by atoms with Gasteiger partial charge in [-0.1, -0.05) is 0 Å². The molecule has 15 heavy (non-hydrogen) atoms. The first-order valence-corrected chi connectivity index (χ1v) is 5.86. The Kier molecular flexibility index (Phi) is 2.68. The van der Waals surface area contributed by atoms with Crippen LogP contribution in [-0.4, -0.2) is 24.2 Å². The van der Waals surface area contributed by atoms with Crippen molar-refractivity contribution in [3.05, 3.63) is 30.0 Å². The molecule has 2 N–H and O–H groups in total. The fourth-order valence-corrected chi connectivity index (χ4v) is 2.06. The molecule has 0 unspecified atom stereocenters. The van der Waals surface area contributed by atoms with Crippen LogP contribution in [-0.2, 0) is 0 Å². The Bertz CT molecular complexity index is 504. The highest BCUT2D eigenvalue weighted by Gasteiger charge is 2.10. The summed E-state index contributed by atoms with van der Waals surface area (Å²) in [4.78, 5) is 15.8. The Labute approximate surface area is 92.3 Å². The molecule has 78 valence electrons. The number of aromatic amines is 1. The second-order valence-electron chi connectivity index (χ2n) is 3.20. The Morgan fingerprint density at radius 1 is 1.47 bits per heavy atom. The molecule has 0 spiro atoms. The molecule has 0 atom stereocenters. The van der Waals surface area contributed by atoms with Crippen LogP contribution in [0.3, 0.4) is 0 Å². The number of fused-ring (bicyclic) bond motifs is 1. The van der Waals surface area contributed by atoms with E-state index in [-0.39, 0.29) is 5.91 Å². The summed E-state index contributed by atoms with van der Waals surface area (Å²) in [6.07, 6.45) is 3.85. The summed E-state index contributed by atoms with van der Waals surface area (Å²) in [5.74, 6) is -0.0571. The summed E-state index contributed by atoms with van der Waals surface area (Å²) in [6, 6.07) is 5.95. The molecule has 0 aliphatic carbocycles. The van der Waals surface area contributed by atoms with Crippen LogP contribution in [0.1, 0.15) is 10.4 Å². The molecule has 1 amide bonds. The van der Waals surface area contributed by atoms with E-state index in [9.17, 15) is 4.79 Å². The lowest BCUT2D eigenvalue weighted by molar-refractivity contribution is 0.0964. The molecule has 0 saturated carbocycles. The normalized spacial score (nSPS) is 10.5. The van der Waals surface area contributed by atoms with Crippen molar-refractivity contribution in [2.24, 2.45) is 0 Å². The maximum absolute atomic E-state index is 11.7. The number of amides is 1. The topological polar surface area (TPSA) is 44.9 Å². The van der Waals surface area contributed by atoms with Gasteiger partial charge in [0.1, 0.15) is 0 Å². The van der Waals surface area contributed by atoms with E-state index in [0.717, 1.165) is 15.8 Å². The fraction of sp³-hybridized carbons (Fsp3) is 0.182. The lowest BCUT2D eigenvalue weighted by Crippen LogP contribution is -2.18. The molecule has 0 aliphatic heterocycles. The van der Waals surface area contributed by atoms with Gasteiger partial charge < -0.3 is 10.3 Å². The molecule has 4 heteroatoms. The molecular formula is C11H12N2OS. The third kappa shape index (κ3) is 1.72. The van der Waals surface area contributed by atoms with Gasteiger partial charge in [-0.15, -0.1) is 11.8 Å². The van der Waals surface area contributed by atoms with E-state index < -0.39 is 0 Å². The van der Waals surface area contributed by atoms with Gasteiger partial charge in [0, 0.05) is 23.5 Å². The van der Waals surface area contributed by atoms with Gasteiger partial charge in [0.25, 0.3) is 5.91 Å². The molecule has 1 aromatic carbocycles. The highest BCUT2D eigenvalue weighted by molar-refractivity contribution is 7.98. The van der Waals surface area contributed by atoms with Crippen LogP contribution in [0, 0.1) is 0 Å². The zero-order valence-corrected chi connectivity index (χ0v) is 9.44. The standard InChI is InChI=1S/C11H12N2OS/c1-12-11(14)9-6-8(15-2)5-7-3-4-13-10(7)9/h3-6,13H,1-2H3,(H,12,14). The predicted octanol–water partition coefficient (Wildman–Crippen LogP) is 2.25. The Morgan fingerprint density at radius 2 is 2.27 bits per heavy atom. The van der Waals surface area contributed by atoms with E-state index in [0.29, 0.717) is 5.56 Å². The van der Waals surface area contributed by atoms with E-state index in [1.54, 1.807) is 18.8 Å². The highest BCUT2D eigenvalue weighted by atomic mass is 32.2. The quantitative estimate of drug-likeness (QED) is 0.762. The van der Waals surface area contributed by atoms with E-state index in [1.165, 1.54) is 0 Å². The average Bonchev–Trinajstić information content (AvgIpc) is 2.74. The first kappa shape index (κ1) is 10.1. The maximum Gasteiger partial charge on any atom is 0.253 e. The van der Waals surface area contributed by atoms with Crippen LogP contribution >= 0.6 is 11.8 Å². The summed E-state index contributed by atoms with van der Waals surface area (Å²) < 4.78 is 0. The third-order valence-corrected chi connectivity index (χ3v) is 3.05. The van der Waals surface area contributed by atoms with Gasteiger partial charge in [-0.3, -0.25) is 4.79 Å². The van der Waals surface area contributed by atoms with E-state index >= 15 is 0 Å². The van der Waals surface area contributed by atoms with Crippen molar-refractivity contribution < 1.29 is 4.79 Å². The third-order valence-electron chi connectivity index (χ3n) is 2.34. The lowest BCUT2D eigenvalue weighted by atomic mass is 10.1. The Balaban J connectivity index is 2.68. The minimum atomic E-state index is -0.0571. The zero-order valence-electron chi connectivity index (χ0n) is 8.63. The van der Waals surface area contributed by atoms with Crippen molar-refractivity contribution in [3.8, 4) is 0 Å². The number of aromatic nitrogens is 1. The van der Waals surface area contributed by atoms with Crippen LogP contribution in [0.5, 0.6) is 0 Å². The van der Waals surface area contributed by atoms with Crippen LogP contribution in [0.4, 0.5) is 0 Å². The summed E-state index contributed by atoms with van der Waals surface area (Å²) in [5, 5.41) is 3.72. The molecule has 0 aliphatic rings. The van der Waals surface area contributed by atoms with Gasteiger partial charge in [-0.2, -0.15) is 0 Å². The second kappa shape index (κ2) is 3.98. The lowest BCUT2D eigenvalue weighted by Gasteiger charge is -2.04. The fourth-order valence-electron chi connectivity index (χ4n) is 1.58. The number of carbonyl (C=O) groups is 1. The van der Waals surface area contributed by atoms with Crippen LogP contribution < -0.4 is 5.32 Å². The smallest absolute Gasteiger partial charge is 0.253 e. The van der Waals surface area contributed by atoms with E-state index in [2.05, 4.69) is 16.4 Å². The van der Waals surface area contributed by atoms with Crippen molar-refractivity contribution in [1.29, 1.82) is 0 Å². The molecular weight excluding hydrogens is 208 g/mol. The van der Waals surface area contributed by atoms with Crippen molar-refractivity contribution in [2.45, 2.75) is 4.90 Å². The van der Waals surface area contributed by atoms with E-state index in [4.69, 9.17) is 0 Å². The highest BCUT2D eigenvalue weighted by Crippen LogP contribution is 2.25. The molecule has 2 rings (SSSR count). The number of benzene rings is 1. The largest absolute Gasteiger partial charge is 0.361 e. The number of carbonyl (C=O) groups excluding carboxylic acids is 1. The summed E-state index contributed by atoms with van der Waals surface area (Å²) in [6.45, 7) is 0. The van der Waals surface area contributed by atoms with Gasteiger partial charge in [0.15, 0.2) is 0 Å². The Morgan fingerprint density at radius 3 is 2.93 bits per heavy atom. The van der Waals surface area contributed by atoms with Gasteiger partial charge in [0.05, 0.1) is 11.1 Å². The second-order valence-corrected chi connectivity index (χ2v) is 4.08. The number of hydrogen-bond donors (Lipinski definition) is 2.